The maximum atomic E-state index is 12.3. The third-order valence-electron chi connectivity index (χ3n) is 5.39. The van der Waals surface area contributed by atoms with E-state index in [1.165, 1.54) is 12.0 Å². The van der Waals surface area contributed by atoms with Crippen LogP contribution >= 0.6 is 0 Å². The van der Waals surface area contributed by atoms with Crippen molar-refractivity contribution >= 4 is 11.8 Å². The molecule has 0 heterocycles. The molecular weight excluding hydrogens is 300 g/mol. The maximum absolute atomic E-state index is 12.3. The van der Waals surface area contributed by atoms with Crippen molar-refractivity contribution in [2.75, 3.05) is 7.05 Å². The lowest BCUT2D eigenvalue weighted by Gasteiger charge is -2.30. The Bertz CT molecular complexity index is 443. The van der Waals surface area contributed by atoms with Crippen molar-refractivity contribution in [1.82, 2.24) is 5.32 Å². The summed E-state index contributed by atoms with van der Waals surface area (Å²) in [4.78, 5) is 23.6. The van der Waals surface area contributed by atoms with Gasteiger partial charge in [0.25, 0.3) is 0 Å². The van der Waals surface area contributed by atoms with E-state index in [9.17, 15) is 9.59 Å². The fourth-order valence-electron chi connectivity index (χ4n) is 2.93. The minimum atomic E-state index is -0.563. The highest BCUT2D eigenvalue weighted by Crippen LogP contribution is 2.34. The van der Waals surface area contributed by atoms with Crippen LogP contribution in [0.25, 0.3) is 0 Å². The number of nitrogens with two attached hydrogens (primary N) is 1. The van der Waals surface area contributed by atoms with Gasteiger partial charge in [0, 0.05) is 18.4 Å². The van der Waals surface area contributed by atoms with Crippen molar-refractivity contribution in [3.63, 3.8) is 0 Å². The lowest BCUT2D eigenvalue weighted by molar-refractivity contribution is -0.132. The molecule has 0 radical (unpaired) electrons. The average Bonchev–Trinajstić information content (AvgIpc) is 2.51. The van der Waals surface area contributed by atoms with Crippen molar-refractivity contribution in [2.45, 2.75) is 79.6 Å². The number of rotatable bonds is 12. The van der Waals surface area contributed by atoms with Crippen LogP contribution < -0.4 is 11.1 Å². The third-order valence-corrected chi connectivity index (χ3v) is 5.39. The molecule has 0 aliphatic heterocycles. The Hall–Kier alpha value is -1.32. The molecule has 0 aromatic rings. The Labute approximate surface area is 148 Å². The second-order valence-corrected chi connectivity index (χ2v) is 8.27. The Balaban J connectivity index is 4.55. The van der Waals surface area contributed by atoms with Crippen molar-refractivity contribution in [3.05, 3.63) is 12.2 Å². The molecule has 0 aliphatic carbocycles. The summed E-state index contributed by atoms with van der Waals surface area (Å²) in [5.41, 5.74) is 6.41. The molecule has 3 N–H and O–H groups in total. The molecule has 4 nitrogen and oxygen atoms in total. The highest BCUT2D eigenvalue weighted by molar-refractivity contribution is 5.83. The number of allylic oxidation sites excluding steroid dienone is 1. The first-order valence-corrected chi connectivity index (χ1v) is 9.15. The van der Waals surface area contributed by atoms with Gasteiger partial charge in [0.2, 0.25) is 11.8 Å². The lowest BCUT2D eigenvalue weighted by atomic mass is 9.76. The molecule has 0 spiro atoms. The summed E-state index contributed by atoms with van der Waals surface area (Å²) in [5.74, 6) is -0.675. The molecule has 0 aromatic carbocycles. The Morgan fingerprint density at radius 3 is 2.21 bits per heavy atom. The maximum Gasteiger partial charge on any atom is 0.225 e. The van der Waals surface area contributed by atoms with Gasteiger partial charge in [-0.1, -0.05) is 53.2 Å². The molecule has 0 bridgehead atoms. The first-order chi connectivity index (χ1) is 11.0. The van der Waals surface area contributed by atoms with Crippen LogP contribution in [-0.4, -0.2) is 18.9 Å². The Morgan fingerprint density at radius 2 is 1.75 bits per heavy atom. The van der Waals surface area contributed by atoms with Gasteiger partial charge in [-0.3, -0.25) is 9.59 Å². The fourth-order valence-corrected chi connectivity index (χ4v) is 2.93. The zero-order chi connectivity index (χ0) is 19.0. The smallest absolute Gasteiger partial charge is 0.225 e. The van der Waals surface area contributed by atoms with Gasteiger partial charge in [0.15, 0.2) is 0 Å². The van der Waals surface area contributed by atoms with Gasteiger partial charge in [0.05, 0.1) is 0 Å². The predicted octanol–water partition coefficient (Wildman–Crippen LogP) is 4.19. The molecule has 0 fully saturated rings. The highest BCUT2D eigenvalue weighted by Gasteiger charge is 2.34. The van der Waals surface area contributed by atoms with Gasteiger partial charge in [-0.05, 0) is 43.9 Å². The molecule has 0 saturated carbocycles. The SMILES string of the molecule is C=C(CCCC(C)(CC(C)C(N)=O)C(=O)NC)CCC(C)(C)CC. The molecule has 0 aliphatic rings. The van der Waals surface area contributed by atoms with Crippen LogP contribution in [0.3, 0.4) is 0 Å². The number of carbonyl (C=O) groups excluding carboxylic acids is 2. The standard InChI is InChI=1S/C20H38N2O2/c1-8-19(4,5)13-11-15(2)10-9-12-20(6,18(24)22-7)14-16(3)17(21)23/h16H,2,8-14H2,1,3-7H3,(H2,21,23)(H,22,24). The van der Waals surface area contributed by atoms with Gasteiger partial charge in [-0.2, -0.15) is 0 Å². The largest absolute Gasteiger partial charge is 0.369 e. The van der Waals surface area contributed by atoms with Gasteiger partial charge < -0.3 is 11.1 Å². The number of hydrogen-bond acceptors (Lipinski definition) is 2. The summed E-state index contributed by atoms with van der Waals surface area (Å²) in [7, 11) is 1.64. The van der Waals surface area contributed by atoms with E-state index < -0.39 is 5.41 Å². The van der Waals surface area contributed by atoms with E-state index in [0.29, 0.717) is 11.8 Å². The molecule has 140 valence electrons. The van der Waals surface area contributed by atoms with Gasteiger partial charge >= 0.3 is 0 Å². The van der Waals surface area contributed by atoms with Crippen molar-refractivity contribution < 1.29 is 9.59 Å². The number of carbonyl (C=O) groups is 2. The van der Waals surface area contributed by atoms with Crippen LogP contribution in [-0.2, 0) is 9.59 Å². The summed E-state index contributed by atoms with van der Waals surface area (Å²) in [6.07, 6.45) is 6.40. The molecule has 2 amide bonds. The summed E-state index contributed by atoms with van der Waals surface area (Å²) in [5, 5.41) is 2.73. The van der Waals surface area contributed by atoms with Crippen LogP contribution in [0.1, 0.15) is 79.6 Å². The Morgan fingerprint density at radius 1 is 1.17 bits per heavy atom. The van der Waals surface area contributed by atoms with Crippen LogP contribution in [0.2, 0.25) is 0 Å². The van der Waals surface area contributed by atoms with E-state index in [-0.39, 0.29) is 17.7 Å². The number of hydrogen-bond donors (Lipinski definition) is 2. The van der Waals surface area contributed by atoms with E-state index in [1.807, 2.05) is 6.92 Å². The topological polar surface area (TPSA) is 72.2 Å². The molecule has 0 rings (SSSR count). The van der Waals surface area contributed by atoms with E-state index in [4.69, 9.17) is 5.73 Å². The second kappa shape index (κ2) is 9.85. The average molecular weight is 339 g/mol. The normalized spacial score (nSPS) is 15.4. The monoisotopic (exact) mass is 338 g/mol. The van der Waals surface area contributed by atoms with Crippen LogP contribution in [0.5, 0.6) is 0 Å². The molecule has 4 heteroatoms. The number of nitrogens with one attached hydrogen (secondary N) is 1. The third kappa shape index (κ3) is 7.98. The van der Waals surface area contributed by atoms with Gasteiger partial charge in [-0.15, -0.1) is 0 Å². The summed E-state index contributed by atoms with van der Waals surface area (Å²) >= 11 is 0. The van der Waals surface area contributed by atoms with Gasteiger partial charge in [-0.25, -0.2) is 0 Å². The molecule has 0 aromatic heterocycles. The van der Waals surface area contributed by atoms with E-state index in [2.05, 4.69) is 32.7 Å². The molecule has 0 saturated heterocycles. The zero-order valence-corrected chi connectivity index (χ0v) is 16.6. The minimum Gasteiger partial charge on any atom is -0.369 e. The molecule has 2 atom stereocenters. The van der Waals surface area contributed by atoms with Gasteiger partial charge in [0.1, 0.15) is 0 Å². The van der Waals surface area contributed by atoms with Crippen LogP contribution in [0, 0.1) is 16.7 Å². The Kier molecular flexibility index (Phi) is 9.31. The second-order valence-electron chi connectivity index (χ2n) is 8.27. The fraction of sp³-hybridized carbons (Fsp3) is 0.800. The minimum absolute atomic E-state index is 0.0201. The first kappa shape index (κ1) is 22.7. The highest BCUT2D eigenvalue weighted by atomic mass is 16.2. The lowest BCUT2D eigenvalue weighted by Crippen LogP contribution is -2.40. The molecule has 24 heavy (non-hydrogen) atoms. The number of primary amides is 1. The quantitative estimate of drug-likeness (QED) is 0.524. The summed E-state index contributed by atoms with van der Waals surface area (Å²) < 4.78 is 0. The zero-order valence-electron chi connectivity index (χ0n) is 16.6. The summed E-state index contributed by atoms with van der Waals surface area (Å²) in [6, 6.07) is 0. The van der Waals surface area contributed by atoms with E-state index in [0.717, 1.165) is 32.1 Å². The van der Waals surface area contributed by atoms with E-state index in [1.54, 1.807) is 14.0 Å². The first-order valence-electron chi connectivity index (χ1n) is 9.15. The van der Waals surface area contributed by atoms with Crippen molar-refractivity contribution in [1.29, 1.82) is 0 Å². The molecular formula is C20H38N2O2. The molecule has 2 unspecified atom stereocenters. The van der Waals surface area contributed by atoms with Crippen LogP contribution in [0.4, 0.5) is 0 Å². The predicted molar refractivity (Wildman–Crippen MR) is 101 cm³/mol. The van der Waals surface area contributed by atoms with E-state index >= 15 is 0 Å². The number of amides is 2. The van der Waals surface area contributed by atoms with Crippen LogP contribution in [0.15, 0.2) is 12.2 Å². The summed E-state index contributed by atoms with van der Waals surface area (Å²) in [6.45, 7) is 14.7. The van der Waals surface area contributed by atoms with Crippen molar-refractivity contribution in [2.24, 2.45) is 22.5 Å². The van der Waals surface area contributed by atoms with Crippen molar-refractivity contribution in [3.8, 4) is 0 Å².